The van der Waals surface area contributed by atoms with Crippen molar-refractivity contribution in [1.29, 1.82) is 0 Å². The zero-order chi connectivity index (χ0) is 11.8. The number of nitrogens with zero attached hydrogens (tertiary/aromatic N) is 1. The van der Waals surface area contributed by atoms with Gasteiger partial charge in [-0.25, -0.2) is 9.37 Å². The molecule has 1 saturated carbocycles. The Balaban J connectivity index is 1.96. The predicted octanol–water partition coefficient (Wildman–Crippen LogP) is 2.82. The SMILES string of the molecule is NCc1cc(-c2coc(C3CC3)n2)ccc1F. The van der Waals surface area contributed by atoms with Gasteiger partial charge in [0.15, 0.2) is 5.89 Å². The molecule has 1 aliphatic rings. The molecule has 0 aliphatic heterocycles. The predicted molar refractivity (Wildman–Crippen MR) is 61.8 cm³/mol. The fourth-order valence-corrected chi connectivity index (χ4v) is 1.83. The summed E-state index contributed by atoms with van der Waals surface area (Å²) in [5, 5.41) is 0. The zero-order valence-electron chi connectivity index (χ0n) is 9.32. The number of halogens is 1. The lowest BCUT2D eigenvalue weighted by atomic mass is 10.1. The lowest BCUT2D eigenvalue weighted by molar-refractivity contribution is 0.497. The Bertz CT molecular complexity index is 546. The van der Waals surface area contributed by atoms with E-state index in [4.69, 9.17) is 10.2 Å². The second-order valence-electron chi connectivity index (χ2n) is 4.36. The van der Waals surface area contributed by atoms with Gasteiger partial charge >= 0.3 is 0 Å². The monoisotopic (exact) mass is 232 g/mol. The molecular weight excluding hydrogens is 219 g/mol. The number of benzene rings is 1. The number of hydrogen-bond acceptors (Lipinski definition) is 3. The molecule has 0 unspecified atom stereocenters. The lowest BCUT2D eigenvalue weighted by Crippen LogP contribution is -1.99. The third kappa shape index (κ3) is 1.96. The third-order valence-corrected chi connectivity index (χ3v) is 3.01. The minimum atomic E-state index is -0.276. The summed E-state index contributed by atoms with van der Waals surface area (Å²) in [6.07, 6.45) is 3.93. The molecule has 3 rings (SSSR count). The molecule has 88 valence electrons. The lowest BCUT2D eigenvalue weighted by Gasteiger charge is -2.01. The Hall–Kier alpha value is -1.68. The molecule has 0 amide bonds. The maximum atomic E-state index is 13.3. The van der Waals surface area contributed by atoms with Crippen LogP contribution in [0.3, 0.4) is 0 Å². The Morgan fingerprint density at radius 2 is 2.24 bits per heavy atom. The molecule has 17 heavy (non-hydrogen) atoms. The van der Waals surface area contributed by atoms with Crippen molar-refractivity contribution in [2.75, 3.05) is 0 Å². The van der Waals surface area contributed by atoms with Crippen LogP contribution in [-0.4, -0.2) is 4.98 Å². The first-order valence-electron chi connectivity index (χ1n) is 5.72. The minimum absolute atomic E-state index is 0.188. The first-order valence-corrected chi connectivity index (χ1v) is 5.72. The highest BCUT2D eigenvalue weighted by Crippen LogP contribution is 2.40. The second-order valence-corrected chi connectivity index (χ2v) is 4.36. The average Bonchev–Trinajstić information content (AvgIpc) is 3.08. The summed E-state index contributed by atoms with van der Waals surface area (Å²) < 4.78 is 18.7. The smallest absolute Gasteiger partial charge is 0.197 e. The van der Waals surface area contributed by atoms with E-state index in [2.05, 4.69) is 4.98 Å². The van der Waals surface area contributed by atoms with Crippen molar-refractivity contribution in [2.45, 2.75) is 25.3 Å². The molecule has 1 aliphatic carbocycles. The van der Waals surface area contributed by atoms with E-state index < -0.39 is 0 Å². The molecular formula is C13H13FN2O. The summed E-state index contributed by atoms with van der Waals surface area (Å²) in [7, 11) is 0. The van der Waals surface area contributed by atoms with Crippen LogP contribution in [0, 0.1) is 5.82 Å². The van der Waals surface area contributed by atoms with Gasteiger partial charge in [-0.1, -0.05) is 0 Å². The molecule has 0 atom stereocenters. The van der Waals surface area contributed by atoms with Gasteiger partial charge < -0.3 is 10.2 Å². The summed E-state index contributed by atoms with van der Waals surface area (Å²) >= 11 is 0. The number of hydrogen-bond donors (Lipinski definition) is 1. The van der Waals surface area contributed by atoms with Crippen molar-refractivity contribution in [3.63, 3.8) is 0 Å². The number of nitrogens with two attached hydrogens (primary N) is 1. The van der Waals surface area contributed by atoms with E-state index in [1.54, 1.807) is 18.4 Å². The standard InChI is InChI=1S/C13H13FN2O/c14-11-4-3-9(5-10(11)6-15)12-7-17-13(16-12)8-1-2-8/h3-5,7-8H,1-2,6,15H2. The van der Waals surface area contributed by atoms with Gasteiger partial charge in [-0.05, 0) is 31.0 Å². The molecule has 0 bridgehead atoms. The van der Waals surface area contributed by atoms with Crippen LogP contribution in [0.1, 0.15) is 30.2 Å². The van der Waals surface area contributed by atoms with Crippen LogP contribution in [0.5, 0.6) is 0 Å². The van der Waals surface area contributed by atoms with Gasteiger partial charge in [-0.2, -0.15) is 0 Å². The largest absolute Gasteiger partial charge is 0.448 e. The summed E-state index contributed by atoms with van der Waals surface area (Å²) in [4.78, 5) is 4.42. The van der Waals surface area contributed by atoms with Crippen molar-refractivity contribution >= 4 is 0 Å². The van der Waals surface area contributed by atoms with Crippen LogP contribution in [-0.2, 0) is 6.54 Å². The Kier molecular flexibility index (Phi) is 2.44. The molecule has 1 heterocycles. The van der Waals surface area contributed by atoms with Crippen molar-refractivity contribution < 1.29 is 8.81 Å². The molecule has 2 N–H and O–H groups in total. The van der Waals surface area contributed by atoms with Gasteiger partial charge in [-0.15, -0.1) is 0 Å². The van der Waals surface area contributed by atoms with E-state index in [1.807, 2.05) is 0 Å². The van der Waals surface area contributed by atoms with Crippen molar-refractivity contribution in [3.8, 4) is 11.3 Å². The Morgan fingerprint density at radius 3 is 2.94 bits per heavy atom. The van der Waals surface area contributed by atoms with Crippen LogP contribution >= 0.6 is 0 Å². The molecule has 1 fully saturated rings. The first kappa shape index (κ1) is 10.5. The van der Waals surface area contributed by atoms with E-state index in [1.165, 1.54) is 6.07 Å². The van der Waals surface area contributed by atoms with Crippen LogP contribution in [0.15, 0.2) is 28.9 Å². The van der Waals surface area contributed by atoms with Gasteiger partial charge in [0.1, 0.15) is 17.8 Å². The van der Waals surface area contributed by atoms with E-state index in [-0.39, 0.29) is 12.4 Å². The molecule has 0 spiro atoms. The molecule has 3 nitrogen and oxygen atoms in total. The van der Waals surface area contributed by atoms with Crippen LogP contribution in [0.2, 0.25) is 0 Å². The fraction of sp³-hybridized carbons (Fsp3) is 0.308. The highest BCUT2D eigenvalue weighted by atomic mass is 19.1. The highest BCUT2D eigenvalue weighted by Gasteiger charge is 2.28. The van der Waals surface area contributed by atoms with Gasteiger partial charge in [0, 0.05) is 23.6 Å². The van der Waals surface area contributed by atoms with Crippen LogP contribution in [0.4, 0.5) is 4.39 Å². The van der Waals surface area contributed by atoms with Gasteiger partial charge in [0.2, 0.25) is 0 Å². The molecule has 4 heteroatoms. The Labute approximate surface area is 98.5 Å². The molecule has 1 aromatic carbocycles. The molecule has 1 aromatic heterocycles. The number of oxazole rings is 1. The van der Waals surface area contributed by atoms with E-state index in [0.29, 0.717) is 11.5 Å². The van der Waals surface area contributed by atoms with E-state index >= 15 is 0 Å². The molecule has 0 saturated heterocycles. The summed E-state index contributed by atoms with van der Waals surface area (Å²) in [6, 6.07) is 4.84. The third-order valence-electron chi connectivity index (χ3n) is 3.01. The highest BCUT2D eigenvalue weighted by molar-refractivity contribution is 5.59. The average molecular weight is 232 g/mol. The number of rotatable bonds is 3. The van der Waals surface area contributed by atoms with Crippen molar-refractivity contribution in [3.05, 3.63) is 41.7 Å². The van der Waals surface area contributed by atoms with E-state index in [0.717, 1.165) is 30.0 Å². The molecule has 2 aromatic rings. The van der Waals surface area contributed by atoms with Crippen molar-refractivity contribution in [2.24, 2.45) is 5.73 Å². The zero-order valence-corrected chi connectivity index (χ0v) is 9.32. The van der Waals surface area contributed by atoms with Crippen LogP contribution < -0.4 is 5.73 Å². The fourth-order valence-electron chi connectivity index (χ4n) is 1.83. The van der Waals surface area contributed by atoms with E-state index in [9.17, 15) is 4.39 Å². The van der Waals surface area contributed by atoms with Gasteiger partial charge in [0.05, 0.1) is 0 Å². The quantitative estimate of drug-likeness (QED) is 0.885. The minimum Gasteiger partial charge on any atom is -0.448 e. The molecule has 0 radical (unpaired) electrons. The van der Waals surface area contributed by atoms with Gasteiger partial charge in [0.25, 0.3) is 0 Å². The summed E-state index contributed by atoms with van der Waals surface area (Å²) in [6.45, 7) is 0.188. The summed E-state index contributed by atoms with van der Waals surface area (Å²) in [5.41, 5.74) is 7.58. The van der Waals surface area contributed by atoms with Gasteiger partial charge in [-0.3, -0.25) is 0 Å². The first-order chi connectivity index (χ1) is 8.28. The topological polar surface area (TPSA) is 52.0 Å². The maximum Gasteiger partial charge on any atom is 0.197 e. The van der Waals surface area contributed by atoms with Crippen molar-refractivity contribution in [1.82, 2.24) is 4.98 Å². The second kappa shape index (κ2) is 3.96. The summed E-state index contributed by atoms with van der Waals surface area (Å²) in [5.74, 6) is 0.999. The normalized spacial score (nSPS) is 15.2. The maximum absolute atomic E-state index is 13.3. The number of aromatic nitrogens is 1. The van der Waals surface area contributed by atoms with Crippen LogP contribution in [0.25, 0.3) is 11.3 Å². The Morgan fingerprint density at radius 1 is 1.41 bits per heavy atom.